The van der Waals surface area contributed by atoms with E-state index in [2.05, 4.69) is 27.1 Å². The van der Waals surface area contributed by atoms with Gasteiger partial charge in [0.25, 0.3) is 0 Å². The van der Waals surface area contributed by atoms with E-state index in [0.717, 1.165) is 12.8 Å². The first kappa shape index (κ1) is 22.5. The summed E-state index contributed by atoms with van der Waals surface area (Å²) in [6.07, 6.45) is 1.63. The summed E-state index contributed by atoms with van der Waals surface area (Å²) in [6, 6.07) is 6.91. The Kier molecular flexibility index (Phi) is 8.71. The van der Waals surface area contributed by atoms with Crippen molar-refractivity contribution >= 4 is 29.3 Å². The van der Waals surface area contributed by atoms with E-state index in [4.69, 9.17) is 22.1 Å². The molecule has 0 radical (unpaired) electrons. The van der Waals surface area contributed by atoms with E-state index in [-0.39, 0.29) is 30.2 Å². The van der Waals surface area contributed by atoms with Gasteiger partial charge in [0, 0.05) is 18.7 Å². The molecule has 4 N–H and O–H groups in total. The lowest BCUT2D eigenvalue weighted by molar-refractivity contribution is 0.0526. The number of aliphatic hydroxyl groups is 1. The molecule has 0 aliphatic carbocycles. The van der Waals surface area contributed by atoms with E-state index in [1.165, 1.54) is 0 Å². The number of anilines is 2. The van der Waals surface area contributed by atoms with Gasteiger partial charge in [-0.1, -0.05) is 48.9 Å². The Balaban J connectivity index is 2.32. The number of rotatable bonds is 8. The van der Waals surface area contributed by atoms with Gasteiger partial charge in [-0.2, -0.15) is 9.97 Å². The number of benzene rings is 1. The van der Waals surface area contributed by atoms with Gasteiger partial charge >= 0.3 is 5.97 Å². The predicted octanol–water partition coefficient (Wildman–Crippen LogP) is 3.11. The van der Waals surface area contributed by atoms with Crippen molar-refractivity contribution in [2.45, 2.75) is 26.7 Å². The second kappa shape index (κ2) is 11.2. The molecule has 29 heavy (non-hydrogen) atoms. The molecule has 0 aliphatic heterocycles. The summed E-state index contributed by atoms with van der Waals surface area (Å²) in [5, 5.41) is 12.6. The zero-order chi connectivity index (χ0) is 21.2. The average Bonchev–Trinajstić information content (AvgIpc) is 2.71. The Labute approximate surface area is 175 Å². The first-order valence-corrected chi connectivity index (χ1v) is 9.83. The minimum absolute atomic E-state index is 0.0316. The summed E-state index contributed by atoms with van der Waals surface area (Å²) >= 11 is 6.24. The number of hydrogen-bond donors (Lipinski definition) is 3. The fourth-order valence-electron chi connectivity index (χ4n) is 2.62. The summed E-state index contributed by atoms with van der Waals surface area (Å²) in [7, 11) is 0. The largest absolute Gasteiger partial charge is 0.462 e. The van der Waals surface area contributed by atoms with Crippen LogP contribution < -0.4 is 11.1 Å². The Bertz CT molecular complexity index is 905. The average molecular weight is 417 g/mol. The number of hydrogen-bond acceptors (Lipinski definition) is 7. The van der Waals surface area contributed by atoms with Crippen LogP contribution in [0.15, 0.2) is 24.3 Å². The van der Waals surface area contributed by atoms with Gasteiger partial charge in [-0.3, -0.25) is 0 Å². The molecule has 0 saturated heterocycles. The van der Waals surface area contributed by atoms with Crippen LogP contribution in [0.25, 0.3) is 0 Å². The molecule has 1 heterocycles. The number of nitrogens with two attached hydrogens (primary N) is 1. The quantitative estimate of drug-likeness (QED) is 0.344. The van der Waals surface area contributed by atoms with Crippen LogP contribution in [-0.2, 0) is 4.74 Å². The normalized spacial score (nSPS) is 11.3. The third kappa shape index (κ3) is 6.34. The number of nitrogens with zero attached hydrogens (tertiary/aromatic N) is 2. The molecule has 1 atom stereocenters. The Morgan fingerprint density at radius 1 is 1.31 bits per heavy atom. The van der Waals surface area contributed by atoms with Crippen molar-refractivity contribution in [3.05, 3.63) is 46.1 Å². The molecule has 2 aromatic rings. The molecule has 0 spiro atoms. The fourth-order valence-corrected chi connectivity index (χ4v) is 2.84. The lowest BCUT2D eigenvalue weighted by atomic mass is 10.0. The van der Waals surface area contributed by atoms with Crippen molar-refractivity contribution in [3.63, 3.8) is 0 Å². The number of aliphatic hydroxyl groups excluding tert-OH is 1. The number of nitrogens with one attached hydrogen (secondary N) is 1. The smallest absolute Gasteiger partial charge is 0.339 e. The van der Waals surface area contributed by atoms with Crippen LogP contribution in [0.2, 0.25) is 5.15 Å². The van der Waals surface area contributed by atoms with Crippen molar-refractivity contribution in [3.8, 4) is 11.8 Å². The number of ether oxygens (including phenoxy) is 1. The van der Waals surface area contributed by atoms with Gasteiger partial charge in [0.05, 0.1) is 12.2 Å². The maximum Gasteiger partial charge on any atom is 0.339 e. The number of halogens is 1. The molecule has 0 fully saturated rings. The third-order valence-electron chi connectivity index (χ3n) is 4.31. The molecule has 1 aromatic carbocycles. The zero-order valence-electron chi connectivity index (χ0n) is 16.5. The highest BCUT2D eigenvalue weighted by Crippen LogP contribution is 2.22. The van der Waals surface area contributed by atoms with Gasteiger partial charge in [0.2, 0.25) is 5.95 Å². The molecule has 8 heteroatoms. The van der Waals surface area contributed by atoms with Crippen LogP contribution in [-0.4, -0.2) is 40.8 Å². The van der Waals surface area contributed by atoms with Crippen molar-refractivity contribution in [2.24, 2.45) is 5.92 Å². The van der Waals surface area contributed by atoms with Gasteiger partial charge in [0.1, 0.15) is 11.4 Å². The van der Waals surface area contributed by atoms with Crippen molar-refractivity contribution < 1.29 is 14.6 Å². The Hall–Kier alpha value is -2.82. The van der Waals surface area contributed by atoms with Gasteiger partial charge < -0.3 is 20.9 Å². The van der Waals surface area contributed by atoms with E-state index >= 15 is 0 Å². The maximum atomic E-state index is 12.1. The molecule has 0 amide bonds. The Morgan fingerprint density at radius 2 is 2.07 bits per heavy atom. The molecule has 2 rings (SSSR count). The van der Waals surface area contributed by atoms with Crippen LogP contribution >= 0.6 is 11.6 Å². The first-order chi connectivity index (χ1) is 14.0. The molecule has 0 saturated carbocycles. The molecule has 154 valence electrons. The number of nitrogen functional groups attached to an aromatic ring is 1. The molecule has 1 unspecified atom stereocenters. The number of carbonyl (C=O) groups excluding carboxylic acids is 1. The molecular weight excluding hydrogens is 392 g/mol. The van der Waals surface area contributed by atoms with Crippen LogP contribution in [0.1, 0.15) is 48.2 Å². The second-order valence-electron chi connectivity index (χ2n) is 6.28. The predicted molar refractivity (Wildman–Crippen MR) is 114 cm³/mol. The summed E-state index contributed by atoms with van der Waals surface area (Å²) in [5.74, 6) is 6.10. The van der Waals surface area contributed by atoms with E-state index in [0.29, 0.717) is 29.1 Å². The zero-order valence-corrected chi connectivity index (χ0v) is 17.3. The first-order valence-electron chi connectivity index (χ1n) is 9.46. The summed E-state index contributed by atoms with van der Waals surface area (Å²) < 4.78 is 5.07. The fraction of sp³-hybridized carbons (Fsp3) is 0.381. The molecule has 0 bridgehead atoms. The minimum atomic E-state index is -0.440. The molecule has 0 aliphatic rings. The lowest BCUT2D eigenvalue weighted by Crippen LogP contribution is -2.14. The summed E-state index contributed by atoms with van der Waals surface area (Å²) in [6.45, 7) is 4.74. The third-order valence-corrected chi connectivity index (χ3v) is 4.58. The number of aromatic nitrogens is 2. The van der Waals surface area contributed by atoms with Gasteiger partial charge in [-0.05, 0) is 31.4 Å². The van der Waals surface area contributed by atoms with Crippen LogP contribution in [0.4, 0.5) is 11.8 Å². The van der Waals surface area contributed by atoms with Crippen LogP contribution in [0.3, 0.4) is 0 Å². The molecular formula is C21H25ClN4O3. The highest BCUT2D eigenvalue weighted by Gasteiger charge is 2.13. The van der Waals surface area contributed by atoms with E-state index in [1.807, 2.05) is 6.92 Å². The monoisotopic (exact) mass is 416 g/mol. The van der Waals surface area contributed by atoms with E-state index in [9.17, 15) is 9.90 Å². The summed E-state index contributed by atoms with van der Waals surface area (Å²) in [4.78, 5) is 20.3. The summed E-state index contributed by atoms with van der Waals surface area (Å²) in [5.41, 5.74) is 6.99. The Morgan fingerprint density at radius 3 is 2.76 bits per heavy atom. The topological polar surface area (TPSA) is 110 Å². The molecule has 7 nitrogen and oxygen atoms in total. The second-order valence-corrected chi connectivity index (χ2v) is 6.64. The van der Waals surface area contributed by atoms with Crippen LogP contribution in [0, 0.1) is 17.8 Å². The highest BCUT2D eigenvalue weighted by molar-refractivity contribution is 6.31. The maximum absolute atomic E-state index is 12.1. The van der Waals surface area contributed by atoms with Crippen molar-refractivity contribution in [2.75, 3.05) is 30.8 Å². The SMILES string of the molecule is CCOC(=O)c1ccccc1C#Cc1c(Cl)nc(N)nc1NCCC(CC)CO. The number of esters is 1. The standard InChI is InChI=1S/C21H25ClN4O3/c1-3-14(13-27)11-12-24-19-17(18(22)25-21(23)26-19)10-9-15-7-5-6-8-16(15)20(28)29-4-2/h5-8,14,27H,3-4,11-13H2,1-2H3,(H3,23,24,25,26). The van der Waals surface area contributed by atoms with Crippen molar-refractivity contribution in [1.29, 1.82) is 0 Å². The van der Waals surface area contributed by atoms with Gasteiger partial charge in [-0.25, -0.2) is 4.79 Å². The van der Waals surface area contributed by atoms with E-state index in [1.54, 1.807) is 31.2 Å². The van der Waals surface area contributed by atoms with Crippen LogP contribution in [0.5, 0.6) is 0 Å². The number of carbonyl (C=O) groups is 1. The van der Waals surface area contributed by atoms with Gasteiger partial charge in [0.15, 0.2) is 5.15 Å². The van der Waals surface area contributed by atoms with E-state index < -0.39 is 5.97 Å². The van der Waals surface area contributed by atoms with Gasteiger partial charge in [-0.15, -0.1) is 0 Å². The molecule has 1 aromatic heterocycles. The minimum Gasteiger partial charge on any atom is -0.462 e. The lowest BCUT2D eigenvalue weighted by Gasteiger charge is -2.13. The van der Waals surface area contributed by atoms with Crippen molar-refractivity contribution in [1.82, 2.24) is 9.97 Å². The highest BCUT2D eigenvalue weighted by atomic mass is 35.5.